The summed E-state index contributed by atoms with van der Waals surface area (Å²) in [6.45, 7) is 4.32. The first-order valence-corrected chi connectivity index (χ1v) is 10.8. The molecule has 0 atom stereocenters. The molecule has 168 valence electrons. The van der Waals surface area contributed by atoms with E-state index in [1.54, 1.807) is 67.8 Å². The summed E-state index contributed by atoms with van der Waals surface area (Å²) in [5, 5.41) is 3.69. The smallest absolute Gasteiger partial charge is 0.282 e. The lowest BCUT2D eigenvalue weighted by Gasteiger charge is -2.16. The van der Waals surface area contributed by atoms with Crippen LogP contribution in [-0.2, 0) is 9.59 Å². The monoisotopic (exact) mass is 462 g/mol. The number of carbonyl (C=O) groups excluding carboxylic acids is 2. The zero-order chi connectivity index (χ0) is 23.5. The van der Waals surface area contributed by atoms with Crippen LogP contribution >= 0.6 is 11.6 Å². The molecule has 1 N–H and O–H groups in total. The van der Waals surface area contributed by atoms with Crippen LogP contribution in [0.5, 0.6) is 11.5 Å². The topological polar surface area (TPSA) is 67.9 Å². The lowest BCUT2D eigenvalue weighted by atomic mass is 10.0. The van der Waals surface area contributed by atoms with E-state index in [0.717, 1.165) is 10.5 Å². The van der Waals surface area contributed by atoms with Crippen molar-refractivity contribution in [2.24, 2.45) is 0 Å². The summed E-state index contributed by atoms with van der Waals surface area (Å²) in [4.78, 5) is 28.2. The molecule has 1 aliphatic rings. The van der Waals surface area contributed by atoms with Crippen LogP contribution < -0.4 is 19.7 Å². The molecule has 0 aromatic heterocycles. The molecule has 2 amide bonds. The Balaban J connectivity index is 1.79. The minimum atomic E-state index is -0.450. The quantitative estimate of drug-likeness (QED) is 0.473. The van der Waals surface area contributed by atoms with Crippen molar-refractivity contribution in [1.29, 1.82) is 0 Å². The molecule has 3 aromatic carbocycles. The van der Waals surface area contributed by atoms with Crippen LogP contribution in [0.2, 0.25) is 5.02 Å². The summed E-state index contributed by atoms with van der Waals surface area (Å²) in [6.07, 6.45) is 0. The summed E-state index contributed by atoms with van der Waals surface area (Å²) < 4.78 is 10.7. The van der Waals surface area contributed by atoms with Gasteiger partial charge in [0.1, 0.15) is 17.2 Å². The van der Waals surface area contributed by atoms with Crippen LogP contribution in [-0.4, -0.2) is 25.5 Å². The number of methoxy groups -OCH3 is 1. The number of hydrogen-bond acceptors (Lipinski definition) is 5. The third-order valence-corrected chi connectivity index (χ3v) is 5.56. The lowest BCUT2D eigenvalue weighted by molar-refractivity contribution is -0.120. The SMILES string of the molecule is CCOc1ccc(N2C(=O)C(Nc3cc(Cl)ccc3C)=C(c3ccc(OC)cc3)C2=O)cc1. The van der Waals surface area contributed by atoms with E-state index in [4.69, 9.17) is 21.1 Å². The van der Waals surface area contributed by atoms with Crippen LogP contribution in [0.1, 0.15) is 18.1 Å². The van der Waals surface area contributed by atoms with E-state index in [9.17, 15) is 9.59 Å². The number of nitrogens with one attached hydrogen (secondary N) is 1. The van der Waals surface area contributed by atoms with Gasteiger partial charge in [-0.1, -0.05) is 29.8 Å². The van der Waals surface area contributed by atoms with E-state index in [2.05, 4.69) is 5.32 Å². The Labute approximate surface area is 197 Å². The summed E-state index contributed by atoms with van der Waals surface area (Å²) >= 11 is 6.18. The minimum Gasteiger partial charge on any atom is -0.497 e. The second-order valence-electron chi connectivity index (χ2n) is 7.44. The Hall–Kier alpha value is -3.77. The van der Waals surface area contributed by atoms with E-state index in [-0.39, 0.29) is 11.3 Å². The molecule has 0 unspecified atom stereocenters. The maximum atomic E-state index is 13.6. The fourth-order valence-corrected chi connectivity index (χ4v) is 3.80. The predicted octanol–water partition coefficient (Wildman–Crippen LogP) is 5.45. The van der Waals surface area contributed by atoms with Gasteiger partial charge in [-0.2, -0.15) is 0 Å². The molecule has 1 aliphatic heterocycles. The Kier molecular flexibility index (Phi) is 6.38. The molecule has 4 rings (SSSR count). The molecule has 0 spiro atoms. The second-order valence-corrected chi connectivity index (χ2v) is 7.87. The lowest BCUT2D eigenvalue weighted by Crippen LogP contribution is -2.32. The van der Waals surface area contributed by atoms with Crippen molar-refractivity contribution in [3.8, 4) is 11.5 Å². The number of aryl methyl sites for hydroxylation is 1. The molecule has 0 fully saturated rings. The molecule has 0 saturated carbocycles. The van der Waals surface area contributed by atoms with Crippen molar-refractivity contribution in [2.45, 2.75) is 13.8 Å². The molecule has 1 heterocycles. The van der Waals surface area contributed by atoms with Crippen molar-refractivity contribution in [1.82, 2.24) is 0 Å². The first-order valence-electron chi connectivity index (χ1n) is 10.5. The van der Waals surface area contributed by atoms with Gasteiger partial charge >= 0.3 is 0 Å². The van der Waals surface area contributed by atoms with Crippen LogP contribution in [0.15, 0.2) is 72.4 Å². The maximum Gasteiger partial charge on any atom is 0.282 e. The van der Waals surface area contributed by atoms with E-state index in [1.807, 2.05) is 19.9 Å². The Morgan fingerprint density at radius 1 is 0.909 bits per heavy atom. The molecular formula is C26H23ClN2O4. The van der Waals surface area contributed by atoms with Crippen molar-refractivity contribution in [3.05, 3.63) is 88.6 Å². The summed E-state index contributed by atoms with van der Waals surface area (Å²) in [7, 11) is 1.57. The number of nitrogens with zero attached hydrogens (tertiary/aromatic N) is 1. The van der Waals surface area contributed by atoms with Crippen LogP contribution in [0.25, 0.3) is 5.57 Å². The summed E-state index contributed by atoms with van der Waals surface area (Å²) in [6, 6.07) is 19.2. The molecule has 0 bridgehead atoms. The summed E-state index contributed by atoms with van der Waals surface area (Å²) in [5.41, 5.74) is 3.06. The van der Waals surface area contributed by atoms with Gasteiger partial charge in [-0.25, -0.2) is 4.90 Å². The van der Waals surface area contributed by atoms with Gasteiger partial charge < -0.3 is 14.8 Å². The van der Waals surface area contributed by atoms with E-state index in [1.165, 1.54) is 0 Å². The van der Waals surface area contributed by atoms with Gasteiger partial charge in [0, 0.05) is 10.7 Å². The van der Waals surface area contributed by atoms with Gasteiger partial charge in [0.25, 0.3) is 11.8 Å². The number of imide groups is 1. The zero-order valence-electron chi connectivity index (χ0n) is 18.5. The van der Waals surface area contributed by atoms with Crippen molar-refractivity contribution >= 4 is 40.4 Å². The van der Waals surface area contributed by atoms with Crippen LogP contribution in [0.4, 0.5) is 11.4 Å². The molecule has 33 heavy (non-hydrogen) atoms. The average Bonchev–Trinajstić information content (AvgIpc) is 3.06. The normalized spacial score (nSPS) is 13.5. The fourth-order valence-electron chi connectivity index (χ4n) is 3.63. The Morgan fingerprint density at radius 2 is 1.58 bits per heavy atom. The largest absolute Gasteiger partial charge is 0.497 e. The molecule has 3 aromatic rings. The number of carbonyl (C=O) groups is 2. The minimum absolute atomic E-state index is 0.185. The number of halogens is 1. The van der Waals surface area contributed by atoms with Gasteiger partial charge in [0.15, 0.2) is 0 Å². The Morgan fingerprint density at radius 3 is 2.21 bits per heavy atom. The highest BCUT2D eigenvalue weighted by Crippen LogP contribution is 2.35. The number of rotatable bonds is 7. The summed E-state index contributed by atoms with van der Waals surface area (Å²) in [5.74, 6) is 0.446. The van der Waals surface area contributed by atoms with E-state index >= 15 is 0 Å². The second kappa shape index (κ2) is 9.38. The highest BCUT2D eigenvalue weighted by molar-refractivity contribution is 6.46. The molecule has 6 nitrogen and oxygen atoms in total. The molecule has 0 aliphatic carbocycles. The van der Waals surface area contributed by atoms with Crippen molar-refractivity contribution < 1.29 is 19.1 Å². The number of benzene rings is 3. The standard InChI is InChI=1S/C26H23ClN2O4/c1-4-33-21-13-9-19(10-14-21)29-25(30)23(17-6-11-20(32-3)12-7-17)24(26(29)31)28-22-15-18(27)8-5-16(22)2/h5-15,28H,4H2,1-3H3. The fraction of sp³-hybridized carbons (Fsp3) is 0.154. The van der Waals surface area contributed by atoms with Crippen molar-refractivity contribution in [3.63, 3.8) is 0 Å². The zero-order valence-corrected chi connectivity index (χ0v) is 19.3. The highest BCUT2D eigenvalue weighted by atomic mass is 35.5. The first kappa shape index (κ1) is 22.4. The number of hydrogen-bond donors (Lipinski definition) is 1. The number of ether oxygens (including phenoxy) is 2. The van der Waals surface area contributed by atoms with Gasteiger partial charge in [-0.05, 0) is 73.5 Å². The Bertz CT molecular complexity index is 1230. The third-order valence-electron chi connectivity index (χ3n) is 5.33. The van der Waals surface area contributed by atoms with Gasteiger partial charge in [-0.3, -0.25) is 9.59 Å². The third kappa shape index (κ3) is 4.43. The van der Waals surface area contributed by atoms with Gasteiger partial charge in [-0.15, -0.1) is 0 Å². The van der Waals surface area contributed by atoms with Gasteiger partial charge in [0.05, 0.1) is 25.0 Å². The molecular weight excluding hydrogens is 440 g/mol. The first-order chi connectivity index (χ1) is 15.9. The van der Waals surface area contributed by atoms with Crippen LogP contribution in [0.3, 0.4) is 0 Å². The van der Waals surface area contributed by atoms with E-state index in [0.29, 0.717) is 40.1 Å². The molecule has 0 radical (unpaired) electrons. The molecule has 7 heteroatoms. The predicted molar refractivity (Wildman–Crippen MR) is 130 cm³/mol. The number of amides is 2. The van der Waals surface area contributed by atoms with Gasteiger partial charge in [0.2, 0.25) is 0 Å². The highest BCUT2D eigenvalue weighted by Gasteiger charge is 2.40. The molecule has 0 saturated heterocycles. The average molecular weight is 463 g/mol. The maximum absolute atomic E-state index is 13.6. The number of anilines is 2. The van der Waals surface area contributed by atoms with Crippen molar-refractivity contribution in [2.75, 3.05) is 23.9 Å². The van der Waals surface area contributed by atoms with E-state index < -0.39 is 11.8 Å². The van der Waals surface area contributed by atoms with Crippen LogP contribution in [0, 0.1) is 6.92 Å².